The predicted octanol–water partition coefficient (Wildman–Crippen LogP) is 2.74. The molecule has 8 nitrogen and oxygen atoms in total. The highest BCUT2D eigenvalue weighted by Gasteiger charge is 2.32. The molecule has 2 aromatic carbocycles. The molecule has 2 aliphatic rings. The zero-order valence-corrected chi connectivity index (χ0v) is 20.5. The van der Waals surface area contributed by atoms with Crippen LogP contribution in [0.2, 0.25) is 0 Å². The van der Waals surface area contributed by atoms with Crippen LogP contribution in [0.25, 0.3) is 0 Å². The first-order chi connectivity index (χ1) is 16.2. The Morgan fingerprint density at radius 2 is 1.79 bits per heavy atom. The van der Waals surface area contributed by atoms with E-state index in [0.29, 0.717) is 57.4 Å². The van der Waals surface area contributed by atoms with Gasteiger partial charge in [-0.15, -0.1) is 0 Å². The molecule has 2 heterocycles. The summed E-state index contributed by atoms with van der Waals surface area (Å²) in [6, 6.07) is 12.9. The van der Waals surface area contributed by atoms with Gasteiger partial charge in [-0.05, 0) is 67.1 Å². The molecule has 0 spiro atoms. The number of hydrogen-bond donors (Lipinski definition) is 2. The molecule has 4 rings (SSSR count). The van der Waals surface area contributed by atoms with Crippen molar-refractivity contribution in [2.75, 3.05) is 37.4 Å². The van der Waals surface area contributed by atoms with E-state index in [9.17, 15) is 18.0 Å². The maximum absolute atomic E-state index is 13.2. The molecule has 0 saturated carbocycles. The summed E-state index contributed by atoms with van der Waals surface area (Å²) in [5.74, 6) is -0.274. The number of hydrogen-bond acceptors (Lipinski definition) is 5. The Morgan fingerprint density at radius 1 is 1.09 bits per heavy atom. The number of benzene rings is 2. The average molecular weight is 485 g/mol. The van der Waals surface area contributed by atoms with Crippen molar-refractivity contribution in [3.8, 4) is 0 Å². The van der Waals surface area contributed by atoms with Crippen molar-refractivity contribution < 1.29 is 18.0 Å². The smallest absolute Gasteiger partial charge is 0.243 e. The fraction of sp³-hybridized carbons (Fsp3) is 0.440. The number of carbonyl (C=O) groups excluding carboxylic acids is 2. The zero-order valence-electron chi connectivity index (χ0n) is 19.7. The van der Waals surface area contributed by atoms with Crippen molar-refractivity contribution in [1.29, 1.82) is 0 Å². The lowest BCUT2D eigenvalue weighted by molar-refractivity contribution is -0.126. The van der Waals surface area contributed by atoms with E-state index >= 15 is 0 Å². The Bertz CT molecular complexity index is 1150. The lowest BCUT2D eigenvalue weighted by atomic mass is 9.97. The summed E-state index contributed by atoms with van der Waals surface area (Å²) in [5.41, 5.74) is 3.66. The van der Waals surface area contributed by atoms with Crippen LogP contribution in [0.3, 0.4) is 0 Å². The molecule has 1 saturated heterocycles. The van der Waals surface area contributed by atoms with Gasteiger partial charge in [-0.25, -0.2) is 8.42 Å². The van der Waals surface area contributed by atoms with Crippen molar-refractivity contribution in [1.82, 2.24) is 9.62 Å². The molecular weight excluding hydrogens is 452 g/mol. The highest BCUT2D eigenvalue weighted by atomic mass is 32.2. The number of fused-ring (bicyclic) bond motifs is 1. The first-order valence-corrected chi connectivity index (χ1v) is 13.1. The second-order valence-corrected chi connectivity index (χ2v) is 11.1. The second-order valence-electron chi connectivity index (χ2n) is 9.18. The highest BCUT2D eigenvalue weighted by Crippen LogP contribution is 2.29. The molecule has 0 aliphatic carbocycles. The third-order valence-electron chi connectivity index (χ3n) is 6.58. The second kappa shape index (κ2) is 10.1. The molecule has 182 valence electrons. The minimum atomic E-state index is -3.65. The van der Waals surface area contributed by atoms with Crippen LogP contribution in [-0.4, -0.2) is 51.7 Å². The Kier molecular flexibility index (Phi) is 7.23. The van der Waals surface area contributed by atoms with Gasteiger partial charge in [-0.2, -0.15) is 4.31 Å². The third kappa shape index (κ3) is 5.42. The van der Waals surface area contributed by atoms with Gasteiger partial charge in [0.15, 0.2) is 0 Å². The Balaban J connectivity index is 1.33. The number of piperidine rings is 1. The number of amides is 2. The number of carbonyl (C=O) groups is 2. The molecule has 0 aromatic heterocycles. The summed E-state index contributed by atoms with van der Waals surface area (Å²) < 4.78 is 27.9. The summed E-state index contributed by atoms with van der Waals surface area (Å²) >= 11 is 0. The molecule has 0 bridgehead atoms. The maximum atomic E-state index is 13.2. The van der Waals surface area contributed by atoms with Crippen LogP contribution in [0.15, 0.2) is 47.4 Å². The predicted molar refractivity (Wildman–Crippen MR) is 132 cm³/mol. The van der Waals surface area contributed by atoms with E-state index in [4.69, 9.17) is 0 Å². The van der Waals surface area contributed by atoms with E-state index in [-0.39, 0.29) is 22.6 Å². The monoisotopic (exact) mass is 484 g/mol. The summed E-state index contributed by atoms with van der Waals surface area (Å²) in [4.78, 5) is 26.7. The standard InChI is InChI=1S/C25H32N4O4S/c1-28(2)21-8-6-18(7-9-21)17-26-25(31)19-12-14-29(15-13-19)34(32,33)22-10-11-23-20(16-22)4-3-5-24(30)27-23/h6-11,16,19H,3-5,12-15,17H2,1-2H3,(H,26,31)(H,27,30). The lowest BCUT2D eigenvalue weighted by Crippen LogP contribution is -2.42. The largest absolute Gasteiger partial charge is 0.378 e. The van der Waals surface area contributed by atoms with Gasteiger partial charge in [-0.1, -0.05) is 12.1 Å². The van der Waals surface area contributed by atoms with E-state index in [1.165, 1.54) is 4.31 Å². The number of anilines is 2. The van der Waals surface area contributed by atoms with Crippen molar-refractivity contribution in [2.45, 2.75) is 43.5 Å². The first-order valence-electron chi connectivity index (χ1n) is 11.7. The van der Waals surface area contributed by atoms with Crippen LogP contribution in [0, 0.1) is 5.92 Å². The molecule has 2 amide bonds. The fourth-order valence-corrected chi connectivity index (χ4v) is 5.99. The summed E-state index contributed by atoms with van der Waals surface area (Å²) in [6.45, 7) is 1.08. The molecule has 34 heavy (non-hydrogen) atoms. The molecule has 0 unspecified atom stereocenters. The Labute approximate surface area is 201 Å². The molecule has 2 N–H and O–H groups in total. The number of nitrogens with zero attached hydrogens (tertiary/aromatic N) is 2. The molecular formula is C25H32N4O4S. The molecule has 0 radical (unpaired) electrons. The van der Waals surface area contributed by atoms with Crippen LogP contribution < -0.4 is 15.5 Å². The normalized spacial score (nSPS) is 17.4. The van der Waals surface area contributed by atoms with Gasteiger partial charge in [0.2, 0.25) is 21.8 Å². The minimum Gasteiger partial charge on any atom is -0.378 e. The SMILES string of the molecule is CN(C)c1ccc(CNC(=O)C2CCN(S(=O)(=O)c3ccc4c(c3)CCCC(=O)N4)CC2)cc1. The molecule has 2 aromatic rings. The van der Waals surface area contributed by atoms with Crippen molar-refractivity contribution in [2.24, 2.45) is 5.92 Å². The van der Waals surface area contributed by atoms with Gasteiger partial charge >= 0.3 is 0 Å². The Hall–Kier alpha value is -2.91. The number of nitrogens with one attached hydrogen (secondary N) is 2. The van der Waals surface area contributed by atoms with Crippen molar-refractivity contribution in [3.05, 3.63) is 53.6 Å². The van der Waals surface area contributed by atoms with Crippen LogP contribution in [0.1, 0.15) is 36.8 Å². The Morgan fingerprint density at radius 3 is 2.47 bits per heavy atom. The fourth-order valence-electron chi connectivity index (χ4n) is 4.46. The quantitative estimate of drug-likeness (QED) is 0.657. The van der Waals surface area contributed by atoms with E-state index < -0.39 is 10.0 Å². The van der Waals surface area contributed by atoms with E-state index in [1.807, 2.05) is 43.3 Å². The third-order valence-corrected chi connectivity index (χ3v) is 8.48. The minimum absolute atomic E-state index is 0.0329. The molecule has 2 aliphatic heterocycles. The van der Waals surface area contributed by atoms with Gasteiger partial charge in [-0.3, -0.25) is 9.59 Å². The number of sulfonamides is 1. The summed E-state index contributed by atoms with van der Waals surface area (Å²) in [5, 5.41) is 5.83. The number of rotatable bonds is 6. The lowest BCUT2D eigenvalue weighted by Gasteiger charge is -2.30. The van der Waals surface area contributed by atoms with Crippen LogP contribution >= 0.6 is 0 Å². The van der Waals surface area contributed by atoms with Crippen molar-refractivity contribution >= 4 is 33.2 Å². The van der Waals surface area contributed by atoms with Crippen LogP contribution in [0.4, 0.5) is 11.4 Å². The zero-order chi connectivity index (χ0) is 24.3. The van der Waals surface area contributed by atoms with Crippen molar-refractivity contribution in [3.63, 3.8) is 0 Å². The van der Waals surface area contributed by atoms with E-state index in [1.54, 1.807) is 18.2 Å². The summed E-state index contributed by atoms with van der Waals surface area (Å²) in [7, 11) is 0.312. The van der Waals surface area contributed by atoms with Gasteiger partial charge in [0.25, 0.3) is 0 Å². The highest BCUT2D eigenvalue weighted by molar-refractivity contribution is 7.89. The molecule has 1 fully saturated rings. The van der Waals surface area contributed by atoms with Crippen LogP contribution in [-0.2, 0) is 32.6 Å². The van der Waals surface area contributed by atoms with Gasteiger partial charge < -0.3 is 15.5 Å². The first kappa shape index (κ1) is 24.2. The number of aryl methyl sites for hydroxylation is 1. The van der Waals surface area contributed by atoms with E-state index in [2.05, 4.69) is 10.6 Å². The van der Waals surface area contributed by atoms with E-state index in [0.717, 1.165) is 16.8 Å². The van der Waals surface area contributed by atoms with Gasteiger partial charge in [0.05, 0.1) is 4.90 Å². The maximum Gasteiger partial charge on any atom is 0.243 e. The van der Waals surface area contributed by atoms with Crippen LogP contribution in [0.5, 0.6) is 0 Å². The molecule has 9 heteroatoms. The topological polar surface area (TPSA) is 98.8 Å². The van der Waals surface area contributed by atoms with Gasteiger partial charge in [0, 0.05) is 57.4 Å². The summed E-state index contributed by atoms with van der Waals surface area (Å²) in [6.07, 6.45) is 2.78. The van der Waals surface area contributed by atoms with Gasteiger partial charge in [0.1, 0.15) is 0 Å². The average Bonchev–Trinajstić information content (AvgIpc) is 3.02. The molecule has 0 atom stereocenters.